The van der Waals surface area contributed by atoms with Crippen molar-refractivity contribution in [3.8, 4) is 11.3 Å². The molecule has 0 fully saturated rings. The lowest BCUT2D eigenvalue weighted by molar-refractivity contribution is -0.543. The molecule has 1 aliphatic carbocycles. The summed E-state index contributed by atoms with van der Waals surface area (Å²) in [7, 11) is 0. The third-order valence-corrected chi connectivity index (χ3v) is 6.42. The zero-order valence-electron chi connectivity index (χ0n) is 17.0. The van der Waals surface area contributed by atoms with Crippen LogP contribution in [-0.4, -0.2) is 26.5 Å². The summed E-state index contributed by atoms with van der Waals surface area (Å²) in [6.07, 6.45) is 4.56. The number of carboxylic acid groups (broad SMARTS) is 1. The zero-order chi connectivity index (χ0) is 22.2. The highest BCUT2D eigenvalue weighted by Crippen LogP contribution is 2.41. The fraction of sp³-hybridized carbons (Fsp3) is 0.167. The standard InChI is InChI=1S/C24H20N2O4S/c1-15-8-10-19(16(2)12-15)21-14-31-22(25-21)18-9-11-20(17-6-4-3-5-7-17)24(13-18,23(27)28)26(29)30/h3-14,20H,1-2H3,(H,27,28). The second-order valence-corrected chi connectivity index (χ2v) is 8.45. The lowest BCUT2D eigenvalue weighted by atomic mass is 9.75. The van der Waals surface area contributed by atoms with E-state index >= 15 is 0 Å². The van der Waals surface area contributed by atoms with Crippen molar-refractivity contribution in [2.24, 2.45) is 0 Å². The van der Waals surface area contributed by atoms with Crippen LogP contribution in [0.15, 0.2) is 72.1 Å². The smallest absolute Gasteiger partial charge is 0.387 e. The Balaban J connectivity index is 1.79. The first-order chi connectivity index (χ1) is 14.8. The predicted octanol–water partition coefficient (Wildman–Crippen LogP) is 5.26. The number of allylic oxidation sites excluding steroid dienone is 2. The predicted molar refractivity (Wildman–Crippen MR) is 121 cm³/mol. The van der Waals surface area contributed by atoms with Crippen LogP contribution in [0.25, 0.3) is 16.8 Å². The van der Waals surface area contributed by atoms with Gasteiger partial charge in [0.15, 0.2) is 0 Å². The average molecular weight is 433 g/mol. The average Bonchev–Trinajstić information content (AvgIpc) is 3.23. The number of carbonyl (C=O) groups is 1. The molecule has 2 atom stereocenters. The van der Waals surface area contributed by atoms with E-state index in [4.69, 9.17) is 0 Å². The minimum absolute atomic E-state index is 0.437. The van der Waals surface area contributed by atoms with Crippen molar-refractivity contribution < 1.29 is 14.8 Å². The first-order valence-corrected chi connectivity index (χ1v) is 10.6. The molecule has 1 aliphatic rings. The molecular weight excluding hydrogens is 412 g/mol. The maximum Gasteiger partial charge on any atom is 0.387 e. The van der Waals surface area contributed by atoms with Gasteiger partial charge in [0.25, 0.3) is 0 Å². The van der Waals surface area contributed by atoms with Crippen molar-refractivity contribution >= 4 is 22.9 Å². The lowest BCUT2D eigenvalue weighted by Gasteiger charge is -2.28. The Morgan fingerprint density at radius 2 is 1.94 bits per heavy atom. The van der Waals surface area contributed by atoms with Gasteiger partial charge in [0.05, 0.1) is 11.6 Å². The van der Waals surface area contributed by atoms with Crippen LogP contribution in [0, 0.1) is 24.0 Å². The second kappa shape index (κ2) is 7.92. The summed E-state index contributed by atoms with van der Waals surface area (Å²) in [4.78, 5) is 28.3. The van der Waals surface area contributed by atoms with Crippen LogP contribution in [0.5, 0.6) is 0 Å². The normalized spacial score (nSPS) is 20.3. The molecule has 2 aromatic carbocycles. The van der Waals surface area contributed by atoms with Gasteiger partial charge in [-0.1, -0.05) is 66.2 Å². The van der Waals surface area contributed by atoms with Crippen LogP contribution < -0.4 is 0 Å². The summed E-state index contributed by atoms with van der Waals surface area (Å²) in [5.41, 5.74) is 2.68. The highest BCUT2D eigenvalue weighted by molar-refractivity contribution is 7.11. The van der Waals surface area contributed by atoms with E-state index in [0.29, 0.717) is 16.1 Å². The van der Waals surface area contributed by atoms with Crippen LogP contribution in [0.4, 0.5) is 0 Å². The first kappa shape index (κ1) is 20.7. The minimum Gasteiger partial charge on any atom is -0.476 e. The number of aryl methyl sites for hydroxylation is 2. The molecule has 3 aromatic rings. The van der Waals surface area contributed by atoms with Crippen LogP contribution in [-0.2, 0) is 4.79 Å². The Bertz CT molecular complexity index is 1210. The van der Waals surface area contributed by atoms with Crippen molar-refractivity contribution in [2.45, 2.75) is 25.3 Å². The molecule has 0 bridgehead atoms. The lowest BCUT2D eigenvalue weighted by Crippen LogP contribution is -2.50. The number of hydrogen-bond donors (Lipinski definition) is 1. The third-order valence-electron chi connectivity index (χ3n) is 5.53. The van der Waals surface area contributed by atoms with E-state index in [-0.39, 0.29) is 0 Å². The summed E-state index contributed by atoms with van der Waals surface area (Å²) in [5.74, 6) is -2.43. The number of thiazole rings is 1. The SMILES string of the molecule is Cc1ccc(-c2csc(C3=CC(C(=O)O)([N+](=O)[O-])C(c4ccccc4)C=C3)n2)c(C)c1. The van der Waals surface area contributed by atoms with Gasteiger partial charge in [-0.15, -0.1) is 11.3 Å². The molecular formula is C24H20N2O4S. The van der Waals surface area contributed by atoms with Crippen LogP contribution in [0.3, 0.4) is 0 Å². The van der Waals surface area contributed by atoms with E-state index < -0.39 is 22.3 Å². The Kier molecular flexibility index (Phi) is 5.29. The Morgan fingerprint density at radius 1 is 1.19 bits per heavy atom. The van der Waals surface area contributed by atoms with Crippen molar-refractivity contribution in [1.29, 1.82) is 0 Å². The van der Waals surface area contributed by atoms with Crippen molar-refractivity contribution in [3.63, 3.8) is 0 Å². The number of hydrogen-bond acceptors (Lipinski definition) is 5. The number of nitro groups is 1. The van der Waals surface area contributed by atoms with E-state index in [0.717, 1.165) is 22.4 Å². The van der Waals surface area contributed by atoms with E-state index in [1.165, 1.54) is 17.4 Å². The van der Waals surface area contributed by atoms with Gasteiger partial charge in [0.1, 0.15) is 5.01 Å². The molecule has 2 unspecified atom stereocenters. The third kappa shape index (κ3) is 3.57. The highest BCUT2D eigenvalue weighted by Gasteiger charge is 2.57. The van der Waals surface area contributed by atoms with Gasteiger partial charge in [-0.2, -0.15) is 0 Å². The number of aliphatic carboxylic acids is 1. The molecule has 1 heterocycles. The number of aromatic nitrogens is 1. The quantitative estimate of drug-likeness (QED) is 0.438. The fourth-order valence-electron chi connectivity index (χ4n) is 3.95. The maximum atomic E-state index is 12.2. The monoisotopic (exact) mass is 432 g/mol. The molecule has 0 aliphatic heterocycles. The van der Waals surface area contributed by atoms with Gasteiger partial charge in [-0.25, -0.2) is 9.78 Å². The molecule has 1 aromatic heterocycles. The van der Waals surface area contributed by atoms with E-state index in [2.05, 4.69) is 11.1 Å². The van der Waals surface area contributed by atoms with Crippen molar-refractivity contribution in [1.82, 2.24) is 4.98 Å². The highest BCUT2D eigenvalue weighted by atomic mass is 32.1. The summed E-state index contributed by atoms with van der Waals surface area (Å²) < 4.78 is 0. The molecule has 4 rings (SSSR count). The first-order valence-electron chi connectivity index (χ1n) is 9.70. The molecule has 0 radical (unpaired) electrons. The number of nitrogens with zero attached hydrogens (tertiary/aromatic N) is 2. The summed E-state index contributed by atoms with van der Waals surface area (Å²) >= 11 is 1.34. The molecule has 7 heteroatoms. The summed E-state index contributed by atoms with van der Waals surface area (Å²) in [6, 6.07) is 14.8. The maximum absolute atomic E-state index is 12.2. The van der Waals surface area contributed by atoms with Crippen LogP contribution in [0.1, 0.15) is 27.6 Å². The van der Waals surface area contributed by atoms with Crippen LogP contribution in [0.2, 0.25) is 0 Å². The number of carboxylic acids is 1. The topological polar surface area (TPSA) is 93.3 Å². The Hall–Kier alpha value is -3.58. The largest absolute Gasteiger partial charge is 0.476 e. The molecule has 0 amide bonds. The molecule has 0 saturated heterocycles. The molecule has 6 nitrogen and oxygen atoms in total. The van der Waals surface area contributed by atoms with E-state index in [1.807, 2.05) is 31.4 Å². The minimum atomic E-state index is -2.31. The molecule has 31 heavy (non-hydrogen) atoms. The fourth-order valence-corrected chi connectivity index (χ4v) is 4.77. The number of rotatable bonds is 5. The molecule has 1 N–H and O–H groups in total. The Morgan fingerprint density at radius 3 is 2.58 bits per heavy atom. The van der Waals surface area contributed by atoms with Crippen molar-refractivity contribution in [3.05, 3.63) is 104 Å². The van der Waals surface area contributed by atoms with Crippen molar-refractivity contribution in [2.75, 3.05) is 0 Å². The van der Waals surface area contributed by atoms with E-state index in [1.54, 1.807) is 42.5 Å². The molecule has 0 saturated carbocycles. The van der Waals surface area contributed by atoms with E-state index in [9.17, 15) is 20.0 Å². The van der Waals surface area contributed by atoms with Gasteiger partial charge in [-0.05, 0) is 25.0 Å². The number of benzene rings is 2. The van der Waals surface area contributed by atoms with Gasteiger partial charge in [0.2, 0.25) is 0 Å². The second-order valence-electron chi connectivity index (χ2n) is 7.59. The van der Waals surface area contributed by atoms with Gasteiger partial charge >= 0.3 is 11.5 Å². The van der Waals surface area contributed by atoms with Gasteiger partial charge in [0, 0.05) is 27.5 Å². The summed E-state index contributed by atoms with van der Waals surface area (Å²) in [5, 5.41) is 24.5. The van der Waals surface area contributed by atoms with Crippen LogP contribution >= 0.6 is 11.3 Å². The Labute approximate surface area is 183 Å². The zero-order valence-corrected chi connectivity index (χ0v) is 17.8. The molecule has 0 spiro atoms. The van der Waals surface area contributed by atoms with Gasteiger partial charge < -0.3 is 5.11 Å². The van der Waals surface area contributed by atoms with Gasteiger partial charge in [-0.3, -0.25) is 10.1 Å². The summed E-state index contributed by atoms with van der Waals surface area (Å²) in [6.45, 7) is 4.03. The molecule has 156 valence electrons.